The van der Waals surface area contributed by atoms with Gasteiger partial charge in [-0.25, -0.2) is 0 Å². The Morgan fingerprint density at radius 2 is 0.896 bits per heavy atom. The maximum absolute atomic E-state index is 4.00. The van der Waals surface area contributed by atoms with Crippen LogP contribution in [0, 0.1) is 0 Å². The largest absolute Gasteiger partial charge is 0.279 e. The van der Waals surface area contributed by atoms with E-state index in [1.807, 2.05) is 11.3 Å². The quantitative estimate of drug-likeness (QED) is 0.161. The van der Waals surface area contributed by atoms with Crippen molar-refractivity contribution >= 4 is 31.5 Å². The van der Waals surface area contributed by atoms with Crippen LogP contribution < -0.4 is 16.0 Å². The lowest BCUT2D eigenvalue weighted by Crippen LogP contribution is -2.54. The Morgan fingerprint density at radius 3 is 1.61 bits per heavy atom. The summed E-state index contributed by atoms with van der Waals surface area (Å²) in [5, 5.41) is 14.5. The van der Waals surface area contributed by atoms with Crippen LogP contribution in [0.3, 0.4) is 0 Å². The Labute approximate surface area is 398 Å². The van der Waals surface area contributed by atoms with E-state index in [9.17, 15) is 0 Å². The molecule has 0 bridgehead atoms. The highest BCUT2D eigenvalue weighted by atomic mass is 32.1. The van der Waals surface area contributed by atoms with E-state index in [-0.39, 0.29) is 29.3 Å². The lowest BCUT2D eigenvalue weighted by atomic mass is 9.66. The zero-order valence-corrected chi connectivity index (χ0v) is 38.8. The van der Waals surface area contributed by atoms with Gasteiger partial charge in [0.25, 0.3) is 0 Å². The van der Waals surface area contributed by atoms with Gasteiger partial charge in [-0.15, -0.1) is 11.3 Å². The zero-order valence-electron chi connectivity index (χ0n) is 38.0. The Hall–Kier alpha value is -6.14. The van der Waals surface area contributed by atoms with Gasteiger partial charge in [0, 0.05) is 36.6 Å². The number of hydrogen-bond acceptors (Lipinski definition) is 4. The van der Waals surface area contributed by atoms with Crippen molar-refractivity contribution < 1.29 is 0 Å². The molecule has 1 aliphatic heterocycles. The first-order valence-corrected chi connectivity index (χ1v) is 25.8. The van der Waals surface area contributed by atoms with Crippen molar-refractivity contribution in [1.82, 2.24) is 16.0 Å². The lowest BCUT2D eigenvalue weighted by molar-refractivity contribution is 0.204. The molecule has 14 rings (SSSR count). The smallest absolute Gasteiger partial charge is 0.0878 e. The van der Waals surface area contributed by atoms with Crippen LogP contribution >= 0.6 is 11.3 Å². The van der Waals surface area contributed by atoms with Crippen LogP contribution in [0.25, 0.3) is 64.7 Å². The standard InChI is InChI=1S/C63H55N3S/c1-5-16-40(17-6-1)41-24-26-43(27-25-41)60-64-59(42-18-7-2-8-19-42)65-61(66-60)48-22-15-21-47-52-37-45(29-31-57(52)67-58(47)48)44-28-30-54-49(36-44)51-39-55-50(38-56(51)63(54)34-13-4-14-35-63)46-20-9-10-23-53(46)62(55)32-11-3-12-33-62/h1-2,5-10,15-31,36-39,59-61,64-66H,3-4,11-14,32-35H2. The van der Waals surface area contributed by atoms with E-state index in [1.54, 1.807) is 22.3 Å². The highest BCUT2D eigenvalue weighted by Gasteiger charge is 2.49. The number of rotatable bonds is 5. The minimum atomic E-state index is -0.0765. The summed E-state index contributed by atoms with van der Waals surface area (Å²) in [6.07, 6.45) is 12.8. The Kier molecular flexibility index (Phi) is 9.38. The topological polar surface area (TPSA) is 36.1 Å². The molecular formula is C63H55N3S. The molecule has 5 aliphatic rings. The van der Waals surface area contributed by atoms with Crippen LogP contribution in [0.15, 0.2) is 176 Å². The van der Waals surface area contributed by atoms with E-state index in [0.29, 0.717) is 0 Å². The SMILES string of the molecule is c1ccc(-c2ccc(C3NC(c4ccccc4)NC(c4cccc5c4sc4ccc(-c6ccc7c(c6)-c6cc8c(cc6C76CCCCC6)-c6ccccc6C86CCCCC6)cc45)N3)cc2)cc1. The minimum Gasteiger partial charge on any atom is -0.279 e. The van der Waals surface area contributed by atoms with E-state index in [2.05, 4.69) is 192 Å². The van der Waals surface area contributed by atoms with Gasteiger partial charge < -0.3 is 0 Å². The van der Waals surface area contributed by atoms with Crippen LogP contribution in [-0.4, -0.2) is 0 Å². The van der Waals surface area contributed by atoms with Crippen LogP contribution in [0.5, 0.6) is 0 Å². The number of fused-ring (bicyclic) bond motifs is 13. The molecule has 4 aliphatic carbocycles. The Morgan fingerprint density at radius 1 is 0.358 bits per heavy atom. The fraction of sp³-hybridized carbons (Fsp3) is 0.238. The maximum Gasteiger partial charge on any atom is 0.0878 e. The number of thiophene rings is 1. The molecule has 3 atom stereocenters. The monoisotopic (exact) mass is 885 g/mol. The zero-order chi connectivity index (χ0) is 44.1. The van der Waals surface area contributed by atoms with E-state index in [1.165, 1.54) is 146 Å². The molecule has 0 radical (unpaired) electrons. The molecule has 1 saturated heterocycles. The molecule has 2 heterocycles. The molecular weight excluding hydrogens is 831 g/mol. The molecule has 3 nitrogen and oxygen atoms in total. The molecule has 8 aromatic carbocycles. The molecule has 1 aromatic heterocycles. The summed E-state index contributed by atoms with van der Waals surface area (Å²) < 4.78 is 2.66. The minimum absolute atomic E-state index is 0.0373. The van der Waals surface area contributed by atoms with E-state index >= 15 is 0 Å². The van der Waals surface area contributed by atoms with Crippen LogP contribution in [0.4, 0.5) is 0 Å². The van der Waals surface area contributed by atoms with E-state index in [0.717, 1.165) is 0 Å². The fourth-order valence-corrected chi connectivity index (χ4v) is 14.8. The van der Waals surface area contributed by atoms with Gasteiger partial charge in [0.1, 0.15) is 0 Å². The summed E-state index contributed by atoms with van der Waals surface area (Å²) in [4.78, 5) is 0. The van der Waals surface area contributed by atoms with Crippen LogP contribution in [0.1, 0.15) is 122 Å². The third kappa shape index (κ3) is 6.26. The summed E-state index contributed by atoms with van der Waals surface area (Å²) in [7, 11) is 0. The number of nitrogens with one attached hydrogen (secondary N) is 3. The summed E-state index contributed by atoms with van der Waals surface area (Å²) in [6, 6.07) is 67.1. The second-order valence-corrected chi connectivity index (χ2v) is 21.3. The van der Waals surface area contributed by atoms with Gasteiger partial charge in [0.15, 0.2) is 0 Å². The predicted molar refractivity (Wildman–Crippen MR) is 279 cm³/mol. The van der Waals surface area contributed by atoms with Crippen LogP contribution in [0.2, 0.25) is 0 Å². The molecule has 3 unspecified atom stereocenters. The van der Waals surface area contributed by atoms with Crippen molar-refractivity contribution in [3.8, 4) is 44.5 Å². The molecule has 0 amide bonds. The maximum atomic E-state index is 4.00. The third-order valence-electron chi connectivity index (χ3n) is 16.8. The Balaban J connectivity index is 0.844. The normalized spacial score (nSPS) is 21.0. The van der Waals surface area contributed by atoms with Gasteiger partial charge in [-0.2, -0.15) is 0 Å². The van der Waals surface area contributed by atoms with Gasteiger partial charge in [-0.3, -0.25) is 16.0 Å². The molecule has 2 spiro atoms. The van der Waals surface area contributed by atoms with Gasteiger partial charge in [-0.05, 0) is 134 Å². The van der Waals surface area contributed by atoms with E-state index < -0.39 is 0 Å². The van der Waals surface area contributed by atoms with Gasteiger partial charge in [-0.1, -0.05) is 184 Å². The molecule has 4 heteroatoms. The predicted octanol–water partition coefficient (Wildman–Crippen LogP) is 16.0. The van der Waals surface area contributed by atoms with Crippen molar-refractivity contribution in [2.45, 2.75) is 93.5 Å². The van der Waals surface area contributed by atoms with Crippen LogP contribution in [-0.2, 0) is 10.8 Å². The highest BCUT2D eigenvalue weighted by Crippen LogP contribution is 2.62. The second kappa shape index (κ2) is 15.7. The summed E-state index contributed by atoms with van der Waals surface area (Å²) in [5.41, 5.74) is 21.5. The molecule has 328 valence electrons. The van der Waals surface area contributed by atoms with Crippen molar-refractivity contribution in [2.24, 2.45) is 0 Å². The third-order valence-corrected chi connectivity index (χ3v) is 18.1. The number of benzene rings is 8. The van der Waals surface area contributed by atoms with Gasteiger partial charge >= 0.3 is 0 Å². The highest BCUT2D eigenvalue weighted by molar-refractivity contribution is 7.26. The molecule has 2 saturated carbocycles. The summed E-state index contributed by atoms with van der Waals surface area (Å²) in [6.45, 7) is 0. The first kappa shape index (κ1) is 40.0. The average Bonchev–Trinajstić information content (AvgIpc) is 4.00. The molecule has 3 N–H and O–H groups in total. The summed E-state index contributed by atoms with van der Waals surface area (Å²) >= 11 is 1.92. The van der Waals surface area contributed by atoms with Crippen molar-refractivity contribution in [3.63, 3.8) is 0 Å². The number of hydrogen-bond donors (Lipinski definition) is 3. The van der Waals surface area contributed by atoms with Crippen molar-refractivity contribution in [3.05, 3.63) is 215 Å². The fourth-order valence-electron chi connectivity index (χ4n) is 13.6. The average molecular weight is 886 g/mol. The Bertz CT molecular complexity index is 3360. The first-order valence-electron chi connectivity index (χ1n) is 25.0. The van der Waals surface area contributed by atoms with Crippen molar-refractivity contribution in [2.75, 3.05) is 0 Å². The summed E-state index contributed by atoms with van der Waals surface area (Å²) in [5.74, 6) is 0. The van der Waals surface area contributed by atoms with Gasteiger partial charge in [0.05, 0.1) is 18.5 Å². The lowest BCUT2D eigenvalue weighted by Gasteiger charge is -2.39. The van der Waals surface area contributed by atoms with Gasteiger partial charge in [0.2, 0.25) is 0 Å². The molecule has 3 fully saturated rings. The first-order chi connectivity index (χ1) is 33.1. The van der Waals surface area contributed by atoms with Crippen molar-refractivity contribution in [1.29, 1.82) is 0 Å². The second-order valence-electron chi connectivity index (χ2n) is 20.3. The van der Waals surface area contributed by atoms with E-state index in [4.69, 9.17) is 0 Å². The molecule has 67 heavy (non-hydrogen) atoms. The molecule has 9 aromatic rings.